The highest BCUT2D eigenvalue weighted by atomic mass is 32.2. The molecule has 3 aromatic rings. The molecule has 0 atom stereocenters. The number of anilines is 1. The fourth-order valence-corrected chi connectivity index (χ4v) is 2.61. The number of primary sulfonamides is 1. The van der Waals surface area contributed by atoms with Crippen LogP contribution in [0.5, 0.6) is 0 Å². The third-order valence-electron chi connectivity index (χ3n) is 3.05. The first kappa shape index (κ1) is 13.6. The molecule has 7 heteroatoms. The average Bonchev–Trinajstić information content (AvgIpc) is 2.87. The van der Waals surface area contributed by atoms with Crippen molar-refractivity contribution in [3.05, 3.63) is 60.6 Å². The highest BCUT2D eigenvalue weighted by Crippen LogP contribution is 2.15. The first-order valence-corrected chi connectivity index (χ1v) is 7.86. The second-order valence-electron chi connectivity index (χ2n) is 4.62. The van der Waals surface area contributed by atoms with Crippen molar-refractivity contribution in [3.63, 3.8) is 0 Å². The summed E-state index contributed by atoms with van der Waals surface area (Å²) < 4.78 is 24.6. The number of fused-ring (bicyclic) bond motifs is 1. The van der Waals surface area contributed by atoms with Crippen LogP contribution in [0.1, 0.15) is 5.69 Å². The molecule has 2 aromatic heterocycles. The number of pyridine rings is 1. The van der Waals surface area contributed by atoms with E-state index in [4.69, 9.17) is 5.14 Å². The molecule has 0 fully saturated rings. The number of nitrogens with zero attached hydrogens (tertiary/aromatic N) is 2. The predicted molar refractivity (Wildman–Crippen MR) is 80.3 cm³/mol. The molecule has 3 rings (SSSR count). The fourth-order valence-electron chi connectivity index (χ4n) is 2.05. The number of aromatic nitrogens is 2. The number of hydrogen-bond acceptors (Lipinski definition) is 4. The molecule has 0 spiro atoms. The number of hydrogen-bond donors (Lipinski definition) is 2. The number of rotatable bonds is 4. The van der Waals surface area contributed by atoms with Crippen molar-refractivity contribution in [2.24, 2.45) is 5.14 Å². The molecule has 0 amide bonds. The van der Waals surface area contributed by atoms with Crippen LogP contribution in [0.15, 0.2) is 59.8 Å². The lowest BCUT2D eigenvalue weighted by Crippen LogP contribution is -2.12. The van der Waals surface area contributed by atoms with Crippen LogP contribution in [0.3, 0.4) is 0 Å². The highest BCUT2D eigenvalue weighted by molar-refractivity contribution is 7.89. The SMILES string of the molecule is NS(=O)(=O)c1cccc(NCc2cn3ccccc3n2)c1. The normalized spacial score (nSPS) is 11.7. The van der Waals surface area contributed by atoms with Crippen LogP contribution in [0.4, 0.5) is 5.69 Å². The van der Waals surface area contributed by atoms with Crippen molar-refractivity contribution in [3.8, 4) is 0 Å². The Morgan fingerprint density at radius 1 is 1.19 bits per heavy atom. The van der Waals surface area contributed by atoms with Crippen molar-refractivity contribution in [1.29, 1.82) is 0 Å². The lowest BCUT2D eigenvalue weighted by Gasteiger charge is -2.05. The van der Waals surface area contributed by atoms with Crippen LogP contribution in [-0.4, -0.2) is 17.8 Å². The van der Waals surface area contributed by atoms with Crippen LogP contribution in [0.25, 0.3) is 5.65 Å². The molecule has 0 saturated carbocycles. The van der Waals surface area contributed by atoms with Crippen molar-refractivity contribution >= 4 is 21.4 Å². The second kappa shape index (κ2) is 5.19. The van der Waals surface area contributed by atoms with E-state index in [1.807, 2.05) is 35.0 Å². The van der Waals surface area contributed by atoms with Gasteiger partial charge in [0.1, 0.15) is 5.65 Å². The Balaban J connectivity index is 1.78. The van der Waals surface area contributed by atoms with E-state index in [0.717, 1.165) is 11.3 Å². The quantitative estimate of drug-likeness (QED) is 0.766. The largest absolute Gasteiger partial charge is 0.379 e. The maximum absolute atomic E-state index is 11.3. The lowest BCUT2D eigenvalue weighted by molar-refractivity contribution is 0.598. The molecule has 6 nitrogen and oxygen atoms in total. The van der Waals surface area contributed by atoms with Gasteiger partial charge in [-0.15, -0.1) is 0 Å². The highest BCUT2D eigenvalue weighted by Gasteiger charge is 2.08. The van der Waals surface area contributed by atoms with E-state index >= 15 is 0 Å². The zero-order chi connectivity index (χ0) is 14.9. The monoisotopic (exact) mass is 302 g/mol. The maximum atomic E-state index is 11.3. The van der Waals surface area contributed by atoms with Crippen LogP contribution in [-0.2, 0) is 16.6 Å². The molecule has 0 aliphatic rings. The molecular weight excluding hydrogens is 288 g/mol. The van der Waals surface area contributed by atoms with Gasteiger partial charge in [-0.1, -0.05) is 12.1 Å². The standard InChI is InChI=1S/C14H14N4O2S/c15-21(19,20)13-5-3-4-11(8-13)16-9-12-10-18-7-2-1-6-14(18)17-12/h1-8,10,16H,9H2,(H2,15,19,20). The summed E-state index contributed by atoms with van der Waals surface area (Å²) in [5, 5.41) is 8.25. The van der Waals surface area contributed by atoms with Crippen molar-refractivity contribution < 1.29 is 8.42 Å². The van der Waals surface area contributed by atoms with E-state index in [1.54, 1.807) is 12.1 Å². The molecule has 0 radical (unpaired) electrons. The van der Waals surface area contributed by atoms with Crippen LogP contribution < -0.4 is 10.5 Å². The minimum Gasteiger partial charge on any atom is -0.379 e. The first-order valence-electron chi connectivity index (χ1n) is 6.32. The zero-order valence-corrected chi connectivity index (χ0v) is 11.9. The van der Waals surface area contributed by atoms with Crippen molar-refractivity contribution in [1.82, 2.24) is 9.38 Å². The molecule has 0 aliphatic carbocycles. The molecule has 21 heavy (non-hydrogen) atoms. The second-order valence-corrected chi connectivity index (χ2v) is 6.19. The van der Waals surface area contributed by atoms with E-state index in [2.05, 4.69) is 10.3 Å². The topological polar surface area (TPSA) is 89.5 Å². The minimum absolute atomic E-state index is 0.0856. The van der Waals surface area contributed by atoms with E-state index in [9.17, 15) is 8.42 Å². The summed E-state index contributed by atoms with van der Waals surface area (Å²) in [4.78, 5) is 4.54. The molecule has 3 N–H and O–H groups in total. The number of nitrogens with two attached hydrogens (primary N) is 1. The van der Waals surface area contributed by atoms with Crippen LogP contribution in [0, 0.1) is 0 Å². The van der Waals surface area contributed by atoms with Gasteiger partial charge in [0, 0.05) is 18.1 Å². The Hall–Kier alpha value is -2.38. The Bertz CT molecular complexity index is 854. The molecule has 2 heterocycles. The van der Waals surface area contributed by atoms with E-state index in [1.165, 1.54) is 12.1 Å². The van der Waals surface area contributed by atoms with Gasteiger partial charge < -0.3 is 9.72 Å². The maximum Gasteiger partial charge on any atom is 0.238 e. The van der Waals surface area contributed by atoms with Gasteiger partial charge >= 0.3 is 0 Å². The number of benzene rings is 1. The fraction of sp³-hybridized carbons (Fsp3) is 0.0714. The van der Waals surface area contributed by atoms with E-state index < -0.39 is 10.0 Å². The van der Waals surface area contributed by atoms with E-state index in [0.29, 0.717) is 12.2 Å². The number of nitrogens with one attached hydrogen (secondary N) is 1. The van der Waals surface area contributed by atoms with Gasteiger partial charge in [0.2, 0.25) is 10.0 Å². The van der Waals surface area contributed by atoms with Gasteiger partial charge in [-0.3, -0.25) is 0 Å². The van der Waals surface area contributed by atoms with Gasteiger partial charge in [0.05, 0.1) is 17.1 Å². The summed E-state index contributed by atoms with van der Waals surface area (Å²) in [6.45, 7) is 0.496. The summed E-state index contributed by atoms with van der Waals surface area (Å²) in [5.41, 5.74) is 2.41. The third kappa shape index (κ3) is 3.04. The molecule has 1 aromatic carbocycles. The van der Waals surface area contributed by atoms with Gasteiger partial charge in [-0.2, -0.15) is 0 Å². The summed E-state index contributed by atoms with van der Waals surface area (Å²) in [7, 11) is -3.69. The minimum atomic E-state index is -3.69. The molecule has 0 bridgehead atoms. The first-order chi connectivity index (χ1) is 10.0. The molecule has 0 saturated heterocycles. The Kier molecular flexibility index (Phi) is 3.36. The molecule has 108 valence electrons. The van der Waals surface area contributed by atoms with Gasteiger partial charge in [-0.05, 0) is 30.3 Å². The summed E-state index contributed by atoms with van der Waals surface area (Å²) in [5.74, 6) is 0. The Labute approximate surface area is 122 Å². The summed E-state index contributed by atoms with van der Waals surface area (Å²) in [6, 6.07) is 12.2. The number of sulfonamides is 1. The van der Waals surface area contributed by atoms with Gasteiger partial charge in [0.25, 0.3) is 0 Å². The molecule has 0 unspecified atom stereocenters. The van der Waals surface area contributed by atoms with Gasteiger partial charge in [0.15, 0.2) is 0 Å². The van der Waals surface area contributed by atoms with Gasteiger partial charge in [-0.25, -0.2) is 18.5 Å². The van der Waals surface area contributed by atoms with Crippen LogP contribution >= 0.6 is 0 Å². The predicted octanol–water partition coefficient (Wildman–Crippen LogP) is 1.59. The Morgan fingerprint density at radius 2 is 2.05 bits per heavy atom. The van der Waals surface area contributed by atoms with Crippen LogP contribution in [0.2, 0.25) is 0 Å². The number of imidazole rings is 1. The summed E-state index contributed by atoms with van der Waals surface area (Å²) in [6.07, 6.45) is 3.85. The average molecular weight is 302 g/mol. The van der Waals surface area contributed by atoms with E-state index in [-0.39, 0.29) is 4.90 Å². The van der Waals surface area contributed by atoms with Crippen molar-refractivity contribution in [2.75, 3.05) is 5.32 Å². The molecular formula is C14H14N4O2S. The zero-order valence-electron chi connectivity index (χ0n) is 11.1. The molecule has 0 aliphatic heterocycles. The summed E-state index contributed by atoms with van der Waals surface area (Å²) >= 11 is 0. The van der Waals surface area contributed by atoms with Crippen molar-refractivity contribution in [2.45, 2.75) is 11.4 Å². The third-order valence-corrected chi connectivity index (χ3v) is 3.96. The Morgan fingerprint density at radius 3 is 2.81 bits per heavy atom. The lowest BCUT2D eigenvalue weighted by atomic mass is 10.3. The smallest absolute Gasteiger partial charge is 0.238 e.